The van der Waals surface area contributed by atoms with E-state index >= 15 is 0 Å². The van der Waals surface area contributed by atoms with Gasteiger partial charge in [-0.2, -0.15) is 0 Å². The van der Waals surface area contributed by atoms with Crippen LogP contribution in [0.4, 0.5) is 0 Å². The molecular formula is C20H33N3O3. The normalized spacial score (nSPS) is 15.7. The monoisotopic (exact) mass is 363 g/mol. The van der Waals surface area contributed by atoms with E-state index in [2.05, 4.69) is 22.0 Å². The Balaban J connectivity index is 1.63. The van der Waals surface area contributed by atoms with Crippen LogP contribution in [0.1, 0.15) is 25.3 Å². The zero-order valence-corrected chi connectivity index (χ0v) is 16.4. The summed E-state index contributed by atoms with van der Waals surface area (Å²) in [5.74, 6) is 1.67. The molecule has 0 unspecified atom stereocenters. The van der Waals surface area contributed by atoms with Crippen LogP contribution in [0.3, 0.4) is 0 Å². The van der Waals surface area contributed by atoms with Gasteiger partial charge in [-0.25, -0.2) is 0 Å². The highest BCUT2D eigenvalue weighted by atomic mass is 16.5. The van der Waals surface area contributed by atoms with Gasteiger partial charge in [-0.15, -0.1) is 0 Å². The van der Waals surface area contributed by atoms with Gasteiger partial charge in [0.15, 0.2) is 0 Å². The van der Waals surface area contributed by atoms with Crippen molar-refractivity contribution >= 4 is 5.91 Å². The molecule has 1 amide bonds. The number of hydrogen-bond acceptors (Lipinski definition) is 5. The van der Waals surface area contributed by atoms with E-state index in [1.54, 1.807) is 14.2 Å². The second-order valence-electron chi connectivity index (χ2n) is 6.66. The molecule has 1 aromatic carbocycles. The molecule has 2 rings (SSSR count). The van der Waals surface area contributed by atoms with Crippen molar-refractivity contribution in [2.24, 2.45) is 0 Å². The molecular weight excluding hydrogens is 330 g/mol. The summed E-state index contributed by atoms with van der Waals surface area (Å²) in [5, 5.41) is 3.03. The third kappa shape index (κ3) is 6.50. The second kappa shape index (κ2) is 11.0. The lowest BCUT2D eigenvalue weighted by Crippen LogP contribution is -2.46. The Hall–Kier alpha value is -1.79. The smallest absolute Gasteiger partial charge is 0.220 e. The van der Waals surface area contributed by atoms with Crippen LogP contribution in [-0.4, -0.2) is 75.7 Å². The highest BCUT2D eigenvalue weighted by Gasteiger charge is 2.14. The summed E-state index contributed by atoms with van der Waals surface area (Å²) in [4.78, 5) is 17.1. The molecule has 0 radical (unpaired) electrons. The molecule has 1 heterocycles. The Morgan fingerprint density at radius 3 is 2.50 bits per heavy atom. The topological polar surface area (TPSA) is 54.0 Å². The summed E-state index contributed by atoms with van der Waals surface area (Å²) in [7, 11) is 3.28. The Bertz CT molecular complexity index is 557. The number of ether oxygens (including phenoxy) is 2. The minimum absolute atomic E-state index is 0.0886. The van der Waals surface area contributed by atoms with Crippen LogP contribution in [0.5, 0.6) is 11.5 Å². The summed E-state index contributed by atoms with van der Waals surface area (Å²) in [6, 6.07) is 5.68. The van der Waals surface area contributed by atoms with Crippen LogP contribution in [-0.2, 0) is 11.2 Å². The predicted molar refractivity (Wildman–Crippen MR) is 104 cm³/mol. The van der Waals surface area contributed by atoms with Crippen molar-refractivity contribution in [2.75, 3.05) is 60.0 Å². The number of nitrogens with one attached hydrogen (secondary N) is 1. The molecule has 0 atom stereocenters. The van der Waals surface area contributed by atoms with Crippen LogP contribution in [0.25, 0.3) is 0 Å². The lowest BCUT2D eigenvalue weighted by atomic mass is 10.1. The summed E-state index contributed by atoms with van der Waals surface area (Å²) >= 11 is 0. The molecule has 0 spiro atoms. The Morgan fingerprint density at radius 2 is 1.85 bits per heavy atom. The highest BCUT2D eigenvalue weighted by Crippen LogP contribution is 2.25. The number of methoxy groups -OCH3 is 2. The third-order valence-corrected chi connectivity index (χ3v) is 4.99. The predicted octanol–water partition coefficient (Wildman–Crippen LogP) is 1.78. The van der Waals surface area contributed by atoms with Gasteiger partial charge in [-0.1, -0.05) is 6.92 Å². The molecule has 1 N–H and O–H groups in total. The maximum Gasteiger partial charge on any atom is 0.220 e. The van der Waals surface area contributed by atoms with E-state index in [1.165, 1.54) is 0 Å². The van der Waals surface area contributed by atoms with Crippen molar-refractivity contribution in [1.29, 1.82) is 0 Å². The first-order chi connectivity index (χ1) is 12.7. The van der Waals surface area contributed by atoms with Crippen LogP contribution in [0.15, 0.2) is 18.2 Å². The molecule has 1 saturated heterocycles. The molecule has 6 heteroatoms. The number of hydrogen-bond donors (Lipinski definition) is 1. The van der Waals surface area contributed by atoms with E-state index in [0.717, 1.165) is 69.3 Å². The first-order valence-electron chi connectivity index (χ1n) is 9.58. The van der Waals surface area contributed by atoms with Crippen molar-refractivity contribution in [3.8, 4) is 11.5 Å². The molecule has 26 heavy (non-hydrogen) atoms. The molecule has 0 bridgehead atoms. The SMILES string of the molecule is CCN1CCN(CCCNC(=O)CCc2cc(OC)ccc2OC)CC1. The maximum atomic E-state index is 12.1. The third-order valence-electron chi connectivity index (χ3n) is 4.99. The number of aryl methyl sites for hydroxylation is 1. The maximum absolute atomic E-state index is 12.1. The number of nitrogens with zero attached hydrogens (tertiary/aromatic N) is 2. The number of benzene rings is 1. The number of amides is 1. The molecule has 146 valence electrons. The fourth-order valence-electron chi connectivity index (χ4n) is 3.27. The minimum Gasteiger partial charge on any atom is -0.497 e. The second-order valence-corrected chi connectivity index (χ2v) is 6.66. The standard InChI is InChI=1S/C20H33N3O3/c1-4-22-12-14-23(15-13-22)11-5-10-21-20(24)9-6-17-16-18(25-2)7-8-19(17)26-3/h7-8,16H,4-6,9-15H2,1-3H3,(H,21,24). The highest BCUT2D eigenvalue weighted by molar-refractivity contribution is 5.76. The van der Waals surface area contributed by atoms with Crippen molar-refractivity contribution < 1.29 is 14.3 Å². The van der Waals surface area contributed by atoms with Gasteiger partial charge in [0.25, 0.3) is 0 Å². The van der Waals surface area contributed by atoms with Gasteiger partial charge in [0.2, 0.25) is 5.91 Å². The average molecular weight is 364 g/mol. The van der Waals surface area contributed by atoms with Crippen LogP contribution in [0, 0.1) is 0 Å². The Kier molecular flexibility index (Phi) is 8.71. The molecule has 1 fully saturated rings. The van der Waals surface area contributed by atoms with Gasteiger partial charge in [0, 0.05) is 39.1 Å². The van der Waals surface area contributed by atoms with E-state index in [-0.39, 0.29) is 5.91 Å². The zero-order valence-electron chi connectivity index (χ0n) is 16.4. The largest absolute Gasteiger partial charge is 0.497 e. The number of carbonyl (C=O) groups excluding carboxylic acids is 1. The summed E-state index contributed by atoms with van der Waals surface area (Å²) < 4.78 is 10.6. The van der Waals surface area contributed by atoms with Crippen LogP contribution in [0.2, 0.25) is 0 Å². The Morgan fingerprint density at radius 1 is 1.12 bits per heavy atom. The summed E-state index contributed by atoms with van der Waals surface area (Å²) in [5.41, 5.74) is 0.996. The molecule has 6 nitrogen and oxygen atoms in total. The molecule has 1 aliphatic heterocycles. The lowest BCUT2D eigenvalue weighted by molar-refractivity contribution is -0.121. The van der Waals surface area contributed by atoms with Crippen molar-refractivity contribution in [3.63, 3.8) is 0 Å². The molecule has 0 aliphatic carbocycles. The molecule has 1 aliphatic rings. The van der Waals surface area contributed by atoms with Crippen LogP contribution < -0.4 is 14.8 Å². The summed E-state index contributed by atoms with van der Waals surface area (Å²) in [6.07, 6.45) is 2.10. The van der Waals surface area contributed by atoms with E-state index in [1.807, 2.05) is 18.2 Å². The van der Waals surface area contributed by atoms with Crippen molar-refractivity contribution in [1.82, 2.24) is 15.1 Å². The van der Waals surface area contributed by atoms with E-state index < -0.39 is 0 Å². The first kappa shape index (κ1) is 20.5. The van der Waals surface area contributed by atoms with Crippen molar-refractivity contribution in [3.05, 3.63) is 23.8 Å². The Labute approximate surface area is 157 Å². The fourth-order valence-corrected chi connectivity index (χ4v) is 3.27. The number of carbonyl (C=O) groups is 1. The van der Waals surface area contributed by atoms with Gasteiger partial charge in [0.05, 0.1) is 14.2 Å². The van der Waals surface area contributed by atoms with Crippen LogP contribution >= 0.6 is 0 Å². The van der Waals surface area contributed by atoms with E-state index in [4.69, 9.17) is 9.47 Å². The lowest BCUT2D eigenvalue weighted by Gasteiger charge is -2.33. The molecule has 0 aromatic heterocycles. The number of piperazine rings is 1. The van der Waals surface area contributed by atoms with Gasteiger partial charge in [-0.3, -0.25) is 4.79 Å². The minimum atomic E-state index is 0.0886. The summed E-state index contributed by atoms with van der Waals surface area (Å²) in [6.45, 7) is 9.74. The van der Waals surface area contributed by atoms with Gasteiger partial charge < -0.3 is 24.6 Å². The van der Waals surface area contributed by atoms with Gasteiger partial charge in [-0.05, 0) is 49.7 Å². The van der Waals surface area contributed by atoms with Gasteiger partial charge >= 0.3 is 0 Å². The number of rotatable bonds is 10. The molecule has 1 aromatic rings. The average Bonchev–Trinajstić information content (AvgIpc) is 2.69. The van der Waals surface area contributed by atoms with E-state index in [9.17, 15) is 4.79 Å². The number of likely N-dealkylation sites (N-methyl/N-ethyl adjacent to an activating group) is 1. The zero-order chi connectivity index (χ0) is 18.8. The van der Waals surface area contributed by atoms with Gasteiger partial charge in [0.1, 0.15) is 11.5 Å². The first-order valence-corrected chi connectivity index (χ1v) is 9.58. The van der Waals surface area contributed by atoms with E-state index in [0.29, 0.717) is 12.8 Å². The quantitative estimate of drug-likeness (QED) is 0.642. The fraction of sp³-hybridized carbons (Fsp3) is 0.650. The molecule has 0 saturated carbocycles. The van der Waals surface area contributed by atoms with Crippen molar-refractivity contribution in [2.45, 2.75) is 26.2 Å².